The van der Waals surface area contributed by atoms with Crippen molar-refractivity contribution in [2.24, 2.45) is 5.92 Å². The first-order valence-electron chi connectivity index (χ1n) is 11.3. The molecule has 0 saturated heterocycles. The number of nitrogens with zero attached hydrogens (tertiary/aromatic N) is 5. The average Bonchev–Trinajstić information content (AvgIpc) is 3.21. The Labute approximate surface area is 217 Å². The number of carbonyl (C=O) groups is 1. The Kier molecular flexibility index (Phi) is 7.84. The van der Waals surface area contributed by atoms with Crippen molar-refractivity contribution >= 4 is 52.6 Å². The predicted molar refractivity (Wildman–Crippen MR) is 139 cm³/mol. The number of ether oxygens (including phenoxy) is 1. The van der Waals surface area contributed by atoms with Gasteiger partial charge in [-0.2, -0.15) is 15.1 Å². The number of benzene rings is 1. The van der Waals surface area contributed by atoms with Gasteiger partial charge in [0.2, 0.25) is 5.95 Å². The number of rotatable bonds is 10. The highest BCUT2D eigenvalue weighted by Crippen LogP contribution is 2.48. The maximum Gasteiger partial charge on any atom is 0.459 e. The van der Waals surface area contributed by atoms with Crippen LogP contribution in [-0.2, 0) is 18.6 Å². The van der Waals surface area contributed by atoms with Gasteiger partial charge in [-0.15, -0.1) is 0 Å². The Hall–Kier alpha value is -2.73. The molecule has 12 nitrogen and oxygen atoms in total. The summed E-state index contributed by atoms with van der Waals surface area (Å²) in [6, 6.07) is 6.08. The first kappa shape index (κ1) is 26.3. The minimum absolute atomic E-state index is 0.122. The number of aromatic nitrogens is 4. The molecule has 36 heavy (non-hydrogen) atoms. The molecule has 1 aromatic carbocycles. The van der Waals surface area contributed by atoms with Crippen molar-refractivity contribution in [2.75, 3.05) is 38.4 Å². The zero-order chi connectivity index (χ0) is 26.0. The van der Waals surface area contributed by atoms with Gasteiger partial charge in [-0.1, -0.05) is 15.9 Å². The Morgan fingerprint density at radius 2 is 2.00 bits per heavy atom. The number of halogens is 1. The second-order valence-corrected chi connectivity index (χ2v) is 11.4. The van der Waals surface area contributed by atoms with Crippen LogP contribution in [0.1, 0.15) is 25.8 Å². The number of carbonyl (C=O) groups excluding carboxylic acids is 1. The summed E-state index contributed by atoms with van der Waals surface area (Å²) in [5, 5.41) is 2.67. The number of nitrogens with two attached hydrogens (primary N) is 1. The smallest absolute Gasteiger partial charge is 0.459 e. The molecule has 0 radical (unpaired) electrons. The van der Waals surface area contributed by atoms with Crippen molar-refractivity contribution in [3.05, 3.63) is 35.1 Å². The highest BCUT2D eigenvalue weighted by atomic mass is 79.9. The summed E-state index contributed by atoms with van der Waals surface area (Å²) in [4.78, 5) is 26.9. The van der Waals surface area contributed by atoms with E-state index in [9.17, 15) is 9.36 Å². The lowest BCUT2D eigenvalue weighted by molar-refractivity contribution is -0.142. The summed E-state index contributed by atoms with van der Waals surface area (Å²) in [7, 11) is 1.13. The molecule has 0 bridgehead atoms. The van der Waals surface area contributed by atoms with E-state index >= 15 is 0 Å². The average molecular weight is 582 g/mol. The van der Waals surface area contributed by atoms with E-state index in [4.69, 9.17) is 19.5 Å². The number of nitrogen functional groups attached to an aromatic ring is 1. The molecular weight excluding hydrogens is 553 g/mol. The van der Waals surface area contributed by atoms with Gasteiger partial charge in [-0.3, -0.25) is 9.32 Å². The second-order valence-electron chi connectivity index (χ2n) is 8.83. The van der Waals surface area contributed by atoms with Crippen LogP contribution in [-0.4, -0.2) is 59.3 Å². The van der Waals surface area contributed by atoms with Gasteiger partial charge in [-0.25, -0.2) is 9.55 Å². The highest BCUT2D eigenvalue weighted by molar-refractivity contribution is 9.10. The lowest BCUT2D eigenvalue weighted by Gasteiger charge is -2.36. The molecule has 1 saturated carbocycles. The summed E-state index contributed by atoms with van der Waals surface area (Å²) in [5.41, 5.74) is 7.28. The molecule has 4 rings (SSSR count). The number of nitrogens with one attached hydrogen (secondary N) is 1. The highest BCUT2D eigenvalue weighted by Gasteiger charge is 2.37. The van der Waals surface area contributed by atoms with Crippen LogP contribution >= 0.6 is 23.7 Å². The Morgan fingerprint density at radius 1 is 1.31 bits per heavy atom. The Balaban J connectivity index is 1.43. The first-order valence-corrected chi connectivity index (χ1v) is 13.6. The molecule has 14 heteroatoms. The molecule has 2 aromatic heterocycles. The lowest BCUT2D eigenvalue weighted by Crippen LogP contribution is -2.36. The van der Waals surface area contributed by atoms with E-state index in [2.05, 4.69) is 36.0 Å². The van der Waals surface area contributed by atoms with Crippen molar-refractivity contribution in [2.45, 2.75) is 31.8 Å². The number of imidazole rings is 1. The van der Waals surface area contributed by atoms with Gasteiger partial charge in [0.25, 0.3) is 0 Å². The quantitative estimate of drug-likeness (QED) is 0.267. The molecule has 1 fully saturated rings. The van der Waals surface area contributed by atoms with Crippen LogP contribution in [0.3, 0.4) is 0 Å². The third-order valence-electron chi connectivity index (χ3n) is 5.87. The zero-order valence-corrected chi connectivity index (χ0v) is 22.9. The summed E-state index contributed by atoms with van der Waals surface area (Å²) in [5.74, 6) is 0.733. The van der Waals surface area contributed by atoms with Crippen molar-refractivity contribution < 1.29 is 23.1 Å². The van der Waals surface area contributed by atoms with Crippen molar-refractivity contribution in [3.63, 3.8) is 0 Å². The van der Waals surface area contributed by atoms with Crippen LogP contribution < -0.4 is 20.2 Å². The predicted octanol–water partition coefficient (Wildman–Crippen LogP) is 3.54. The Bertz CT molecular complexity index is 1280. The molecule has 2 atom stereocenters. The largest absolute Gasteiger partial charge is 0.468 e. The molecule has 0 aliphatic heterocycles. The van der Waals surface area contributed by atoms with Crippen LogP contribution in [0.4, 0.5) is 11.8 Å². The topological polar surface area (TPSA) is 147 Å². The van der Waals surface area contributed by atoms with E-state index in [-0.39, 0.29) is 24.5 Å². The fraction of sp³-hybridized carbons (Fsp3) is 0.455. The van der Waals surface area contributed by atoms with Gasteiger partial charge in [0.05, 0.1) is 20.0 Å². The number of methoxy groups -OCH3 is 1. The Morgan fingerprint density at radius 3 is 2.64 bits per heavy atom. The normalized spacial score (nSPS) is 19.8. The van der Waals surface area contributed by atoms with Gasteiger partial charge >= 0.3 is 13.7 Å². The minimum Gasteiger partial charge on any atom is -0.468 e. The number of esters is 1. The molecule has 0 amide bonds. The van der Waals surface area contributed by atoms with E-state index in [0.717, 1.165) is 17.3 Å². The summed E-state index contributed by atoms with van der Waals surface area (Å²) in [6.45, 7) is 1.71. The van der Waals surface area contributed by atoms with Crippen LogP contribution in [0, 0.1) is 5.92 Å². The van der Waals surface area contributed by atoms with E-state index < -0.39 is 19.8 Å². The van der Waals surface area contributed by atoms with Gasteiger partial charge in [-0.05, 0) is 49.9 Å². The zero-order valence-electron chi connectivity index (χ0n) is 20.4. The van der Waals surface area contributed by atoms with Crippen LogP contribution in [0.5, 0.6) is 5.75 Å². The minimum atomic E-state index is -3.88. The summed E-state index contributed by atoms with van der Waals surface area (Å²) < 4.78 is 32.6. The molecule has 3 N–H and O–H groups in total. The molecule has 1 aliphatic rings. The molecule has 3 aromatic rings. The van der Waals surface area contributed by atoms with E-state index in [1.807, 2.05) is 23.6 Å². The molecule has 194 valence electrons. The summed E-state index contributed by atoms with van der Waals surface area (Å²) in [6.07, 6.45) is 3.27. The van der Waals surface area contributed by atoms with Crippen LogP contribution in [0.25, 0.3) is 11.2 Å². The van der Waals surface area contributed by atoms with Gasteiger partial charge in [0, 0.05) is 24.6 Å². The number of hydrogen-bond donors (Lipinski definition) is 2. The van der Waals surface area contributed by atoms with Gasteiger partial charge < -0.3 is 24.5 Å². The van der Waals surface area contributed by atoms with E-state index in [0.29, 0.717) is 22.7 Å². The standard InChI is InChI=1S/C22H29BrN7O5P/c1-13(21(31)33-4)28-36(32,35-17-7-5-15(23)6-8-17)34-11-14-9-16(10-14)30-12-25-18-19(29(2)3)26-22(24)27-20(18)30/h5-8,12-14,16H,9-11H2,1-4H3,(H,28,32)(H2,24,26,27)/t13-,14-,16+,36?/m0/s1. The van der Waals surface area contributed by atoms with Gasteiger partial charge in [0.15, 0.2) is 17.0 Å². The van der Waals surface area contributed by atoms with Crippen molar-refractivity contribution in [3.8, 4) is 5.75 Å². The molecular formula is C22H29BrN7O5P. The fourth-order valence-corrected chi connectivity index (χ4v) is 5.79. The number of hydrogen-bond acceptors (Lipinski definition) is 10. The van der Waals surface area contributed by atoms with Crippen molar-refractivity contribution in [1.82, 2.24) is 24.6 Å². The van der Waals surface area contributed by atoms with E-state index in [1.165, 1.54) is 14.0 Å². The third kappa shape index (κ3) is 5.80. The lowest BCUT2D eigenvalue weighted by atomic mass is 9.81. The molecule has 1 unspecified atom stereocenters. The van der Waals surface area contributed by atoms with Crippen molar-refractivity contribution in [1.29, 1.82) is 0 Å². The van der Waals surface area contributed by atoms with Crippen LogP contribution in [0.15, 0.2) is 35.1 Å². The van der Waals surface area contributed by atoms with E-state index in [1.54, 1.807) is 30.6 Å². The maximum atomic E-state index is 13.5. The monoisotopic (exact) mass is 581 g/mol. The van der Waals surface area contributed by atoms with Gasteiger partial charge in [0.1, 0.15) is 11.8 Å². The fourth-order valence-electron chi connectivity index (χ4n) is 3.96. The third-order valence-corrected chi connectivity index (χ3v) is 8.05. The van der Waals surface area contributed by atoms with Crippen LogP contribution in [0.2, 0.25) is 0 Å². The number of anilines is 2. The summed E-state index contributed by atoms with van der Waals surface area (Å²) >= 11 is 3.36. The SMILES string of the molecule is COC(=O)[C@H](C)NP(=O)(OC[C@H]1C[C@@H](n2cnc3c(N(C)C)nc(N)nc32)C1)Oc1ccc(Br)cc1. The maximum absolute atomic E-state index is 13.5. The molecule has 0 spiro atoms. The molecule has 2 heterocycles. The molecule has 1 aliphatic carbocycles. The number of fused-ring (bicyclic) bond motifs is 1. The second kappa shape index (κ2) is 10.7. The first-order chi connectivity index (χ1) is 17.1.